The van der Waals surface area contributed by atoms with Crippen LogP contribution in [0.25, 0.3) is 0 Å². The number of ether oxygens (including phenoxy) is 1. The first-order valence-corrected chi connectivity index (χ1v) is 9.36. The Morgan fingerprint density at radius 3 is 2.62 bits per heavy atom. The second-order valence-electron chi connectivity index (χ2n) is 5.78. The summed E-state index contributed by atoms with van der Waals surface area (Å²) in [5, 5.41) is 2.99. The minimum Gasteiger partial charge on any atom is -0.497 e. The van der Waals surface area contributed by atoms with E-state index in [9.17, 15) is 4.79 Å². The second kappa shape index (κ2) is 10.0. The van der Waals surface area contributed by atoms with Gasteiger partial charge in [-0.25, -0.2) is 0 Å². The van der Waals surface area contributed by atoms with E-state index < -0.39 is 0 Å². The summed E-state index contributed by atoms with van der Waals surface area (Å²) in [5.41, 5.74) is 3.82. The van der Waals surface area contributed by atoms with Gasteiger partial charge in [-0.3, -0.25) is 4.79 Å². The molecular formula is C20H25NO2S. The molecule has 128 valence electrons. The van der Waals surface area contributed by atoms with E-state index in [1.54, 1.807) is 18.9 Å². The quantitative estimate of drug-likeness (QED) is 0.700. The number of thioether (sulfide) groups is 1. The van der Waals surface area contributed by atoms with Crippen LogP contribution in [0, 0.1) is 6.92 Å². The summed E-state index contributed by atoms with van der Waals surface area (Å²) < 4.78 is 5.13. The van der Waals surface area contributed by atoms with Gasteiger partial charge in [-0.05, 0) is 43.0 Å². The number of hydrogen-bond donors (Lipinski definition) is 1. The lowest BCUT2D eigenvalue weighted by Gasteiger charge is -2.06. The van der Waals surface area contributed by atoms with Gasteiger partial charge in [0.25, 0.3) is 0 Å². The van der Waals surface area contributed by atoms with Crippen molar-refractivity contribution >= 4 is 17.7 Å². The van der Waals surface area contributed by atoms with E-state index in [0.717, 1.165) is 30.9 Å². The summed E-state index contributed by atoms with van der Waals surface area (Å²) in [7, 11) is 1.66. The van der Waals surface area contributed by atoms with Crippen LogP contribution < -0.4 is 10.1 Å². The van der Waals surface area contributed by atoms with Gasteiger partial charge in [-0.2, -0.15) is 0 Å². The van der Waals surface area contributed by atoms with Gasteiger partial charge in [0.2, 0.25) is 5.91 Å². The average Bonchev–Trinajstić information content (AvgIpc) is 2.59. The number of amides is 1. The molecule has 1 amide bonds. The van der Waals surface area contributed by atoms with E-state index in [2.05, 4.69) is 36.5 Å². The molecule has 3 nitrogen and oxygen atoms in total. The van der Waals surface area contributed by atoms with Gasteiger partial charge < -0.3 is 10.1 Å². The summed E-state index contributed by atoms with van der Waals surface area (Å²) in [6.07, 6.45) is 1.97. The highest BCUT2D eigenvalue weighted by molar-refractivity contribution is 7.99. The molecule has 2 aromatic rings. The van der Waals surface area contributed by atoms with Crippen LogP contribution in [0.5, 0.6) is 5.75 Å². The van der Waals surface area contributed by atoms with Crippen LogP contribution in [-0.2, 0) is 17.0 Å². The van der Waals surface area contributed by atoms with Crippen LogP contribution in [0.2, 0.25) is 0 Å². The van der Waals surface area contributed by atoms with Gasteiger partial charge in [0, 0.05) is 12.3 Å². The summed E-state index contributed by atoms with van der Waals surface area (Å²) in [5.74, 6) is 2.30. The lowest BCUT2D eigenvalue weighted by atomic mass is 10.1. The molecule has 0 heterocycles. The van der Waals surface area contributed by atoms with Gasteiger partial charge in [0.15, 0.2) is 0 Å². The number of aryl methyl sites for hydroxylation is 2. The fourth-order valence-corrected chi connectivity index (χ4v) is 3.24. The summed E-state index contributed by atoms with van der Waals surface area (Å²) in [6, 6.07) is 16.5. The Morgan fingerprint density at radius 2 is 1.92 bits per heavy atom. The molecule has 0 atom stereocenters. The fraction of sp³-hybridized carbons (Fsp3) is 0.350. The average molecular weight is 343 g/mol. The SMILES string of the molecule is COc1ccc(CSCC(=O)NCCCc2cccc(C)c2)cc1. The third kappa shape index (κ3) is 6.67. The van der Waals surface area contributed by atoms with Crippen molar-refractivity contribution in [2.24, 2.45) is 0 Å². The molecule has 4 heteroatoms. The number of rotatable bonds is 9. The lowest BCUT2D eigenvalue weighted by Crippen LogP contribution is -2.26. The lowest BCUT2D eigenvalue weighted by molar-refractivity contribution is -0.118. The number of carbonyl (C=O) groups excluding carboxylic acids is 1. The number of methoxy groups -OCH3 is 1. The number of hydrogen-bond acceptors (Lipinski definition) is 3. The van der Waals surface area contributed by atoms with Crippen LogP contribution in [0.1, 0.15) is 23.1 Å². The first-order chi connectivity index (χ1) is 11.7. The zero-order chi connectivity index (χ0) is 17.2. The Balaban J connectivity index is 1.57. The van der Waals surface area contributed by atoms with Gasteiger partial charge in [-0.15, -0.1) is 11.8 Å². The Morgan fingerprint density at radius 1 is 1.12 bits per heavy atom. The molecule has 0 saturated heterocycles. The minimum absolute atomic E-state index is 0.109. The zero-order valence-corrected chi connectivity index (χ0v) is 15.2. The highest BCUT2D eigenvalue weighted by Crippen LogP contribution is 2.16. The fourth-order valence-electron chi connectivity index (χ4n) is 2.42. The van der Waals surface area contributed by atoms with Crippen molar-refractivity contribution in [3.63, 3.8) is 0 Å². The second-order valence-corrected chi connectivity index (χ2v) is 6.77. The van der Waals surface area contributed by atoms with Crippen LogP contribution >= 0.6 is 11.8 Å². The Kier molecular flexibility index (Phi) is 7.69. The molecule has 1 N–H and O–H groups in total. The van der Waals surface area contributed by atoms with E-state index in [0.29, 0.717) is 5.75 Å². The van der Waals surface area contributed by atoms with Crippen molar-refractivity contribution in [1.29, 1.82) is 0 Å². The molecule has 24 heavy (non-hydrogen) atoms. The van der Waals surface area contributed by atoms with E-state index >= 15 is 0 Å². The predicted octanol–water partition coefficient (Wildman–Crippen LogP) is 3.99. The normalized spacial score (nSPS) is 10.4. The number of benzene rings is 2. The molecule has 2 rings (SSSR count). The molecule has 0 aliphatic carbocycles. The van der Waals surface area contributed by atoms with E-state index in [-0.39, 0.29) is 5.91 Å². The zero-order valence-electron chi connectivity index (χ0n) is 14.4. The van der Waals surface area contributed by atoms with E-state index in [1.165, 1.54) is 16.7 Å². The molecule has 0 fully saturated rings. The van der Waals surface area contributed by atoms with E-state index in [4.69, 9.17) is 4.74 Å². The Bertz CT molecular complexity index is 640. The van der Waals surface area contributed by atoms with Crippen molar-refractivity contribution in [1.82, 2.24) is 5.32 Å². The van der Waals surface area contributed by atoms with Crippen LogP contribution in [0.3, 0.4) is 0 Å². The van der Waals surface area contributed by atoms with Gasteiger partial charge in [0.1, 0.15) is 5.75 Å². The maximum Gasteiger partial charge on any atom is 0.230 e. The van der Waals surface area contributed by atoms with Crippen molar-refractivity contribution in [3.05, 3.63) is 65.2 Å². The molecule has 0 unspecified atom stereocenters. The molecule has 0 spiro atoms. The first-order valence-electron chi connectivity index (χ1n) is 8.20. The van der Waals surface area contributed by atoms with Crippen molar-refractivity contribution in [3.8, 4) is 5.75 Å². The summed E-state index contributed by atoms with van der Waals surface area (Å²) in [6.45, 7) is 2.83. The molecule has 0 saturated carbocycles. The topological polar surface area (TPSA) is 38.3 Å². The molecular weight excluding hydrogens is 318 g/mol. The molecule has 0 aliphatic rings. The molecule has 0 radical (unpaired) electrons. The third-order valence-corrected chi connectivity index (χ3v) is 4.71. The van der Waals surface area contributed by atoms with Crippen molar-refractivity contribution in [2.45, 2.75) is 25.5 Å². The molecule has 0 aliphatic heterocycles. The number of nitrogens with one attached hydrogen (secondary N) is 1. The molecule has 0 bridgehead atoms. The first kappa shape index (κ1) is 18.4. The highest BCUT2D eigenvalue weighted by atomic mass is 32.2. The maximum absolute atomic E-state index is 11.8. The van der Waals surface area contributed by atoms with Crippen LogP contribution in [0.4, 0.5) is 0 Å². The predicted molar refractivity (Wildman–Crippen MR) is 102 cm³/mol. The highest BCUT2D eigenvalue weighted by Gasteiger charge is 2.02. The van der Waals surface area contributed by atoms with Crippen LogP contribution in [0.15, 0.2) is 48.5 Å². The van der Waals surface area contributed by atoms with Crippen molar-refractivity contribution in [2.75, 3.05) is 19.4 Å². The standard InChI is InChI=1S/C20H25NO2S/c1-16-5-3-6-17(13-16)7-4-12-21-20(22)15-24-14-18-8-10-19(23-2)11-9-18/h3,5-6,8-11,13H,4,7,12,14-15H2,1-2H3,(H,21,22). The molecule has 2 aromatic carbocycles. The molecule has 0 aromatic heterocycles. The van der Waals surface area contributed by atoms with Gasteiger partial charge in [0.05, 0.1) is 12.9 Å². The van der Waals surface area contributed by atoms with Crippen LogP contribution in [-0.4, -0.2) is 25.3 Å². The maximum atomic E-state index is 11.8. The Labute approximate surface area is 148 Å². The largest absolute Gasteiger partial charge is 0.497 e. The van der Waals surface area contributed by atoms with Crippen molar-refractivity contribution < 1.29 is 9.53 Å². The minimum atomic E-state index is 0.109. The third-order valence-electron chi connectivity index (χ3n) is 3.71. The Hall–Kier alpha value is -1.94. The number of carbonyl (C=O) groups is 1. The monoisotopic (exact) mass is 343 g/mol. The smallest absolute Gasteiger partial charge is 0.230 e. The van der Waals surface area contributed by atoms with Gasteiger partial charge >= 0.3 is 0 Å². The van der Waals surface area contributed by atoms with Gasteiger partial charge in [-0.1, -0.05) is 42.0 Å². The summed E-state index contributed by atoms with van der Waals surface area (Å²) in [4.78, 5) is 11.8. The van der Waals surface area contributed by atoms with E-state index in [1.807, 2.05) is 24.3 Å². The summed E-state index contributed by atoms with van der Waals surface area (Å²) >= 11 is 1.63.